The number of Topliss-reactive ketones (excluding diaryl/α,β-unsaturated/α-hetero) is 1. The molecule has 1 aromatic rings. The van der Waals surface area contributed by atoms with Crippen LogP contribution in [-0.4, -0.2) is 29.1 Å². The van der Waals surface area contributed by atoms with Gasteiger partial charge in [-0.2, -0.15) is 0 Å². The first-order valence-corrected chi connectivity index (χ1v) is 5.11. The van der Waals surface area contributed by atoms with Gasteiger partial charge in [0.05, 0.1) is 6.10 Å². The van der Waals surface area contributed by atoms with Gasteiger partial charge >= 0.3 is 0 Å². The van der Waals surface area contributed by atoms with Gasteiger partial charge in [0.25, 0.3) is 0 Å². The summed E-state index contributed by atoms with van der Waals surface area (Å²) in [7, 11) is 1.52. The van der Waals surface area contributed by atoms with Crippen molar-refractivity contribution < 1.29 is 14.6 Å². The second kappa shape index (κ2) is 4.63. The number of hydrogen-bond acceptors (Lipinski definition) is 5. The van der Waals surface area contributed by atoms with Gasteiger partial charge in [-0.25, -0.2) is 4.98 Å². The molecule has 14 heavy (non-hydrogen) atoms. The standard InChI is InChI=1S/C9H13NO3S/c1-5(11)7-4-14-9(10-7)8(12)6(2)13-3/h4,6,8,12H,1-3H3. The lowest BCUT2D eigenvalue weighted by Gasteiger charge is -2.14. The molecule has 0 aliphatic heterocycles. The number of nitrogens with zero attached hydrogens (tertiary/aromatic N) is 1. The number of carbonyl (C=O) groups is 1. The lowest BCUT2D eigenvalue weighted by Crippen LogP contribution is -2.16. The van der Waals surface area contributed by atoms with E-state index in [1.165, 1.54) is 25.4 Å². The molecule has 0 radical (unpaired) electrons. The van der Waals surface area contributed by atoms with Crippen molar-refractivity contribution in [3.63, 3.8) is 0 Å². The Morgan fingerprint density at radius 3 is 2.79 bits per heavy atom. The Balaban J connectivity index is 2.81. The summed E-state index contributed by atoms with van der Waals surface area (Å²) in [6.45, 7) is 3.20. The SMILES string of the molecule is COC(C)C(O)c1nc(C(C)=O)cs1. The minimum absolute atomic E-state index is 0.0928. The Morgan fingerprint density at radius 1 is 1.71 bits per heavy atom. The third-order valence-electron chi connectivity index (χ3n) is 1.95. The average Bonchev–Trinajstić information content (AvgIpc) is 2.64. The highest BCUT2D eigenvalue weighted by molar-refractivity contribution is 7.09. The Labute approximate surface area is 86.6 Å². The van der Waals surface area contributed by atoms with Gasteiger partial charge in [-0.15, -0.1) is 11.3 Å². The van der Waals surface area contributed by atoms with Crippen molar-refractivity contribution in [1.82, 2.24) is 4.98 Å². The molecule has 0 bridgehead atoms. The second-order valence-electron chi connectivity index (χ2n) is 3.01. The van der Waals surface area contributed by atoms with Crippen LogP contribution >= 0.6 is 11.3 Å². The van der Waals surface area contributed by atoms with Crippen molar-refractivity contribution in [2.24, 2.45) is 0 Å². The number of aliphatic hydroxyl groups excluding tert-OH is 1. The van der Waals surface area contributed by atoms with Crippen LogP contribution < -0.4 is 0 Å². The van der Waals surface area contributed by atoms with Gasteiger partial charge in [-0.05, 0) is 6.92 Å². The van der Waals surface area contributed by atoms with Crippen LogP contribution in [0.4, 0.5) is 0 Å². The molecule has 0 saturated carbocycles. The highest BCUT2D eigenvalue weighted by Crippen LogP contribution is 2.22. The van der Waals surface area contributed by atoms with Crippen LogP contribution in [0.3, 0.4) is 0 Å². The van der Waals surface area contributed by atoms with Crippen LogP contribution in [0.15, 0.2) is 5.38 Å². The molecule has 1 N–H and O–H groups in total. The molecule has 2 unspecified atom stereocenters. The smallest absolute Gasteiger partial charge is 0.178 e. The summed E-state index contributed by atoms with van der Waals surface area (Å²) >= 11 is 1.27. The van der Waals surface area contributed by atoms with E-state index < -0.39 is 6.10 Å². The van der Waals surface area contributed by atoms with E-state index in [-0.39, 0.29) is 11.9 Å². The maximum absolute atomic E-state index is 11.0. The van der Waals surface area contributed by atoms with Gasteiger partial charge in [0.15, 0.2) is 5.78 Å². The number of carbonyl (C=O) groups excluding carboxylic acids is 1. The van der Waals surface area contributed by atoms with Gasteiger partial charge in [0.2, 0.25) is 0 Å². The predicted octanol–water partition coefficient (Wildman–Crippen LogP) is 1.41. The summed E-state index contributed by atoms with van der Waals surface area (Å²) in [6, 6.07) is 0. The molecule has 1 heterocycles. The normalized spacial score (nSPS) is 15.1. The third-order valence-corrected chi connectivity index (χ3v) is 2.87. The molecule has 0 amide bonds. The molecule has 0 saturated heterocycles. The van der Waals surface area contributed by atoms with Gasteiger partial charge in [0.1, 0.15) is 16.8 Å². The molecule has 78 valence electrons. The highest BCUT2D eigenvalue weighted by Gasteiger charge is 2.19. The first-order chi connectivity index (χ1) is 6.56. The minimum atomic E-state index is -0.766. The molecule has 1 rings (SSSR count). The zero-order valence-electron chi connectivity index (χ0n) is 8.35. The van der Waals surface area contributed by atoms with E-state index in [1.807, 2.05) is 0 Å². The number of hydrogen-bond donors (Lipinski definition) is 1. The Morgan fingerprint density at radius 2 is 2.36 bits per heavy atom. The van der Waals surface area contributed by atoms with E-state index in [9.17, 15) is 9.90 Å². The van der Waals surface area contributed by atoms with Crippen molar-refractivity contribution >= 4 is 17.1 Å². The van der Waals surface area contributed by atoms with E-state index in [4.69, 9.17) is 4.74 Å². The van der Waals surface area contributed by atoms with Crippen LogP contribution in [0.2, 0.25) is 0 Å². The second-order valence-corrected chi connectivity index (χ2v) is 3.90. The van der Waals surface area contributed by atoms with E-state index in [0.717, 1.165) is 0 Å². The van der Waals surface area contributed by atoms with Crippen LogP contribution in [-0.2, 0) is 4.74 Å². The van der Waals surface area contributed by atoms with E-state index in [0.29, 0.717) is 10.7 Å². The summed E-state index contributed by atoms with van der Waals surface area (Å²) in [6.07, 6.45) is -1.08. The van der Waals surface area contributed by atoms with Crippen LogP contribution in [0.1, 0.15) is 35.4 Å². The first kappa shape index (κ1) is 11.3. The zero-order chi connectivity index (χ0) is 10.7. The first-order valence-electron chi connectivity index (χ1n) is 4.23. The van der Waals surface area contributed by atoms with E-state index in [1.54, 1.807) is 12.3 Å². The maximum atomic E-state index is 11.0. The number of ether oxygens (including phenoxy) is 1. The quantitative estimate of drug-likeness (QED) is 0.771. The lowest BCUT2D eigenvalue weighted by atomic mass is 10.2. The predicted molar refractivity (Wildman–Crippen MR) is 53.5 cm³/mol. The maximum Gasteiger partial charge on any atom is 0.178 e. The monoisotopic (exact) mass is 215 g/mol. The highest BCUT2D eigenvalue weighted by atomic mass is 32.1. The molecule has 0 fully saturated rings. The molecule has 0 aromatic carbocycles. The molecule has 5 heteroatoms. The van der Waals surface area contributed by atoms with Crippen molar-refractivity contribution in [2.75, 3.05) is 7.11 Å². The van der Waals surface area contributed by atoms with Crippen molar-refractivity contribution in [2.45, 2.75) is 26.1 Å². The average molecular weight is 215 g/mol. The van der Waals surface area contributed by atoms with Gasteiger partial charge < -0.3 is 9.84 Å². The number of aliphatic hydroxyl groups is 1. The fourth-order valence-corrected chi connectivity index (χ4v) is 1.85. The summed E-state index contributed by atoms with van der Waals surface area (Å²) in [4.78, 5) is 15.0. The molecule has 0 aliphatic carbocycles. The fourth-order valence-electron chi connectivity index (χ4n) is 0.915. The molecule has 1 aromatic heterocycles. The zero-order valence-corrected chi connectivity index (χ0v) is 9.17. The Hall–Kier alpha value is -0.780. The fraction of sp³-hybridized carbons (Fsp3) is 0.556. The third kappa shape index (κ3) is 2.37. The lowest BCUT2D eigenvalue weighted by molar-refractivity contribution is -0.00156. The van der Waals surface area contributed by atoms with E-state index >= 15 is 0 Å². The number of ketones is 1. The molecule has 0 spiro atoms. The summed E-state index contributed by atoms with van der Waals surface area (Å²) < 4.78 is 4.97. The minimum Gasteiger partial charge on any atom is -0.383 e. The van der Waals surface area contributed by atoms with Crippen molar-refractivity contribution in [3.8, 4) is 0 Å². The van der Waals surface area contributed by atoms with Crippen LogP contribution in [0.5, 0.6) is 0 Å². The molecular weight excluding hydrogens is 202 g/mol. The molecule has 0 aliphatic rings. The number of thiazole rings is 1. The summed E-state index contributed by atoms with van der Waals surface area (Å²) in [5.41, 5.74) is 0.396. The van der Waals surface area contributed by atoms with Crippen molar-refractivity contribution in [3.05, 3.63) is 16.1 Å². The Kier molecular flexibility index (Phi) is 3.74. The molecule has 2 atom stereocenters. The van der Waals surface area contributed by atoms with Crippen molar-refractivity contribution in [1.29, 1.82) is 0 Å². The number of rotatable bonds is 4. The number of methoxy groups -OCH3 is 1. The summed E-state index contributed by atoms with van der Waals surface area (Å²) in [5, 5.41) is 11.9. The van der Waals surface area contributed by atoms with Gasteiger partial charge in [-0.1, -0.05) is 0 Å². The molecule has 4 nitrogen and oxygen atoms in total. The number of aromatic nitrogens is 1. The Bertz CT molecular complexity index is 324. The van der Waals surface area contributed by atoms with E-state index in [2.05, 4.69) is 4.98 Å². The molecular formula is C9H13NO3S. The largest absolute Gasteiger partial charge is 0.383 e. The van der Waals surface area contributed by atoms with Gasteiger partial charge in [-0.3, -0.25) is 4.79 Å². The summed E-state index contributed by atoms with van der Waals surface area (Å²) in [5.74, 6) is -0.0928. The topological polar surface area (TPSA) is 59.4 Å². The van der Waals surface area contributed by atoms with Crippen LogP contribution in [0.25, 0.3) is 0 Å². The van der Waals surface area contributed by atoms with Gasteiger partial charge in [0, 0.05) is 19.4 Å². The van der Waals surface area contributed by atoms with Crippen LogP contribution in [0, 0.1) is 0 Å².